The van der Waals surface area contributed by atoms with Gasteiger partial charge in [-0.05, 0) is 13.3 Å². The molecule has 2 unspecified atom stereocenters. The van der Waals surface area contributed by atoms with Crippen LogP contribution in [0, 0.1) is 0 Å². The van der Waals surface area contributed by atoms with Crippen molar-refractivity contribution in [2.75, 3.05) is 26.3 Å². The lowest BCUT2D eigenvalue weighted by Gasteiger charge is -2.25. The number of ether oxygens (including phenoxy) is 1. The third-order valence-electron chi connectivity index (χ3n) is 2.32. The van der Waals surface area contributed by atoms with Gasteiger partial charge >= 0.3 is 0 Å². The first-order valence-electron chi connectivity index (χ1n) is 4.87. The fraction of sp³-hybridized carbons (Fsp3) is 1.00. The van der Waals surface area contributed by atoms with Gasteiger partial charge < -0.3 is 15.4 Å². The van der Waals surface area contributed by atoms with Gasteiger partial charge in [0.2, 0.25) is 0 Å². The Hall–Kier alpha value is -0.120. The molecule has 0 saturated carbocycles. The molecule has 1 saturated heterocycles. The summed E-state index contributed by atoms with van der Waals surface area (Å²) in [7, 11) is 0. The van der Waals surface area contributed by atoms with Crippen molar-refractivity contribution in [3.8, 4) is 0 Å². The van der Waals surface area contributed by atoms with Crippen LogP contribution >= 0.6 is 0 Å². The van der Waals surface area contributed by atoms with Gasteiger partial charge in [-0.3, -0.25) is 0 Å². The summed E-state index contributed by atoms with van der Waals surface area (Å²) >= 11 is 0. The quantitative estimate of drug-likeness (QED) is 0.642. The smallest absolute Gasteiger partial charge is 0.0632 e. The van der Waals surface area contributed by atoms with Crippen molar-refractivity contribution in [2.45, 2.75) is 32.4 Å². The molecule has 0 radical (unpaired) electrons. The van der Waals surface area contributed by atoms with Crippen LogP contribution in [0.25, 0.3) is 0 Å². The van der Waals surface area contributed by atoms with E-state index in [2.05, 4.69) is 24.5 Å². The average molecular weight is 172 g/mol. The van der Waals surface area contributed by atoms with Crippen molar-refractivity contribution in [2.24, 2.45) is 0 Å². The van der Waals surface area contributed by atoms with Crippen molar-refractivity contribution in [1.82, 2.24) is 10.6 Å². The summed E-state index contributed by atoms with van der Waals surface area (Å²) in [4.78, 5) is 0. The van der Waals surface area contributed by atoms with Gasteiger partial charge in [0.25, 0.3) is 0 Å². The highest BCUT2D eigenvalue weighted by Gasteiger charge is 2.12. The minimum atomic E-state index is 0.507. The first-order valence-corrected chi connectivity index (χ1v) is 4.87. The molecule has 0 aromatic carbocycles. The average Bonchev–Trinajstić information content (AvgIpc) is 2.16. The SMILES string of the molecule is CCC(C)NCC1COCCN1. The molecule has 72 valence electrons. The fourth-order valence-electron chi connectivity index (χ4n) is 1.24. The summed E-state index contributed by atoms with van der Waals surface area (Å²) < 4.78 is 5.35. The molecular formula is C9H20N2O. The zero-order valence-corrected chi connectivity index (χ0v) is 8.10. The van der Waals surface area contributed by atoms with E-state index in [0.717, 1.165) is 26.3 Å². The highest BCUT2D eigenvalue weighted by molar-refractivity contribution is 4.73. The molecule has 1 aliphatic heterocycles. The van der Waals surface area contributed by atoms with Gasteiger partial charge in [0.05, 0.1) is 13.2 Å². The molecule has 1 rings (SSSR count). The van der Waals surface area contributed by atoms with E-state index in [9.17, 15) is 0 Å². The monoisotopic (exact) mass is 172 g/mol. The number of nitrogens with one attached hydrogen (secondary N) is 2. The van der Waals surface area contributed by atoms with Crippen LogP contribution in [-0.4, -0.2) is 38.4 Å². The number of hydrogen-bond acceptors (Lipinski definition) is 3. The normalized spacial score (nSPS) is 27.0. The number of rotatable bonds is 4. The lowest BCUT2D eigenvalue weighted by atomic mass is 10.2. The van der Waals surface area contributed by atoms with E-state index in [1.165, 1.54) is 6.42 Å². The highest BCUT2D eigenvalue weighted by Crippen LogP contribution is 1.93. The van der Waals surface area contributed by atoms with Crippen LogP contribution in [0.15, 0.2) is 0 Å². The van der Waals surface area contributed by atoms with E-state index < -0.39 is 0 Å². The molecule has 3 heteroatoms. The molecule has 0 aromatic heterocycles. The van der Waals surface area contributed by atoms with Crippen LogP contribution < -0.4 is 10.6 Å². The molecule has 0 amide bonds. The van der Waals surface area contributed by atoms with Crippen LogP contribution in [0.5, 0.6) is 0 Å². The van der Waals surface area contributed by atoms with Gasteiger partial charge in [-0.1, -0.05) is 6.92 Å². The van der Waals surface area contributed by atoms with Gasteiger partial charge in [0.15, 0.2) is 0 Å². The lowest BCUT2D eigenvalue weighted by molar-refractivity contribution is 0.0759. The van der Waals surface area contributed by atoms with Crippen molar-refractivity contribution >= 4 is 0 Å². The molecule has 0 aromatic rings. The van der Waals surface area contributed by atoms with Crippen LogP contribution in [0.2, 0.25) is 0 Å². The van der Waals surface area contributed by atoms with E-state index >= 15 is 0 Å². The molecule has 1 fully saturated rings. The van der Waals surface area contributed by atoms with E-state index in [0.29, 0.717) is 12.1 Å². The van der Waals surface area contributed by atoms with E-state index in [1.54, 1.807) is 0 Å². The largest absolute Gasteiger partial charge is 0.378 e. The molecule has 0 aliphatic carbocycles. The molecule has 0 spiro atoms. The summed E-state index contributed by atoms with van der Waals surface area (Å²) in [5.41, 5.74) is 0. The maximum atomic E-state index is 5.35. The van der Waals surface area contributed by atoms with E-state index in [1.807, 2.05) is 0 Å². The zero-order chi connectivity index (χ0) is 8.81. The van der Waals surface area contributed by atoms with Crippen molar-refractivity contribution in [3.63, 3.8) is 0 Å². The third-order valence-corrected chi connectivity index (χ3v) is 2.32. The maximum absolute atomic E-state index is 5.35. The Bertz CT molecular complexity index is 113. The summed E-state index contributed by atoms with van der Waals surface area (Å²) in [5, 5.41) is 6.87. The Kier molecular flexibility index (Phi) is 4.58. The Balaban J connectivity index is 2.05. The molecule has 12 heavy (non-hydrogen) atoms. The van der Waals surface area contributed by atoms with Crippen molar-refractivity contribution in [3.05, 3.63) is 0 Å². The Morgan fingerprint density at radius 2 is 2.50 bits per heavy atom. The van der Waals surface area contributed by atoms with Crippen LogP contribution in [-0.2, 0) is 4.74 Å². The van der Waals surface area contributed by atoms with Gasteiger partial charge in [-0.2, -0.15) is 0 Å². The molecular weight excluding hydrogens is 152 g/mol. The summed E-state index contributed by atoms with van der Waals surface area (Å²) in [6.45, 7) is 8.14. The predicted octanol–water partition coefficient (Wildman–Crippen LogP) is 0.363. The molecule has 2 N–H and O–H groups in total. The second-order valence-electron chi connectivity index (χ2n) is 3.44. The lowest BCUT2D eigenvalue weighted by Crippen LogP contribution is -2.48. The first kappa shape index (κ1) is 9.96. The number of hydrogen-bond donors (Lipinski definition) is 2. The standard InChI is InChI=1S/C9H20N2O/c1-3-8(2)11-6-9-7-12-5-4-10-9/h8-11H,3-7H2,1-2H3. The van der Waals surface area contributed by atoms with Crippen LogP contribution in [0.3, 0.4) is 0 Å². The maximum Gasteiger partial charge on any atom is 0.0632 e. The molecule has 0 bridgehead atoms. The van der Waals surface area contributed by atoms with E-state index in [-0.39, 0.29) is 0 Å². The minimum absolute atomic E-state index is 0.507. The summed E-state index contributed by atoms with van der Waals surface area (Å²) in [5.74, 6) is 0. The Morgan fingerprint density at radius 1 is 1.67 bits per heavy atom. The molecule has 2 atom stereocenters. The first-order chi connectivity index (χ1) is 5.83. The summed E-state index contributed by atoms with van der Waals surface area (Å²) in [6, 6.07) is 1.13. The van der Waals surface area contributed by atoms with Gasteiger partial charge in [0, 0.05) is 25.2 Å². The van der Waals surface area contributed by atoms with Crippen LogP contribution in [0.4, 0.5) is 0 Å². The molecule has 1 aliphatic rings. The van der Waals surface area contributed by atoms with Gasteiger partial charge in [-0.15, -0.1) is 0 Å². The van der Waals surface area contributed by atoms with E-state index in [4.69, 9.17) is 4.74 Å². The van der Waals surface area contributed by atoms with Crippen molar-refractivity contribution in [1.29, 1.82) is 0 Å². The Morgan fingerprint density at radius 3 is 3.08 bits per heavy atom. The minimum Gasteiger partial charge on any atom is -0.378 e. The van der Waals surface area contributed by atoms with Crippen LogP contribution in [0.1, 0.15) is 20.3 Å². The highest BCUT2D eigenvalue weighted by atomic mass is 16.5. The predicted molar refractivity (Wildman–Crippen MR) is 50.4 cm³/mol. The second-order valence-corrected chi connectivity index (χ2v) is 3.44. The topological polar surface area (TPSA) is 33.3 Å². The second kappa shape index (κ2) is 5.51. The molecule has 1 heterocycles. The summed E-state index contributed by atoms with van der Waals surface area (Å²) in [6.07, 6.45) is 1.19. The Labute approximate surface area is 74.9 Å². The van der Waals surface area contributed by atoms with Crippen molar-refractivity contribution < 1.29 is 4.74 Å². The van der Waals surface area contributed by atoms with Gasteiger partial charge in [0.1, 0.15) is 0 Å². The number of morpholine rings is 1. The molecule has 3 nitrogen and oxygen atoms in total. The third kappa shape index (κ3) is 3.52. The zero-order valence-electron chi connectivity index (χ0n) is 8.10. The van der Waals surface area contributed by atoms with Gasteiger partial charge in [-0.25, -0.2) is 0 Å². The fourth-order valence-corrected chi connectivity index (χ4v) is 1.24.